The molecule has 0 radical (unpaired) electrons. The molecule has 8 aromatic carbocycles. The third-order valence-electron chi connectivity index (χ3n) is 10.5. The van der Waals surface area contributed by atoms with Crippen LogP contribution < -0.4 is 9.47 Å². The molecule has 0 N–H and O–H groups in total. The van der Waals surface area contributed by atoms with Crippen molar-refractivity contribution in [2.45, 2.75) is 5.41 Å². The van der Waals surface area contributed by atoms with Gasteiger partial charge in [-0.2, -0.15) is 0 Å². The highest BCUT2D eigenvalue weighted by molar-refractivity contribution is 6.35. The quantitative estimate of drug-likeness (QED) is 0.130. The second-order valence-corrected chi connectivity index (χ2v) is 14.6. The van der Waals surface area contributed by atoms with Crippen molar-refractivity contribution in [3.63, 3.8) is 0 Å². The van der Waals surface area contributed by atoms with E-state index in [4.69, 9.17) is 32.7 Å². The molecule has 0 spiro atoms. The number of benzene rings is 8. The molecule has 1 aliphatic carbocycles. The topological polar surface area (TPSA) is 52.6 Å². The molecule has 0 aromatic heterocycles. The summed E-state index contributed by atoms with van der Waals surface area (Å²) in [7, 11) is 0. The summed E-state index contributed by atoms with van der Waals surface area (Å²) in [4.78, 5) is 26.1. The summed E-state index contributed by atoms with van der Waals surface area (Å²) in [5.74, 6) is 2.28. The molecular formula is C51H32Cl2O4. The van der Waals surface area contributed by atoms with E-state index >= 15 is 0 Å². The van der Waals surface area contributed by atoms with E-state index in [1.807, 2.05) is 24.3 Å². The number of carbonyl (C=O) groups is 2. The third-order valence-corrected chi connectivity index (χ3v) is 11.1. The summed E-state index contributed by atoms with van der Waals surface area (Å²) in [5, 5.41) is 0.841. The molecule has 9 rings (SSSR count). The number of rotatable bonds is 10. The minimum absolute atomic E-state index is 0.143. The van der Waals surface area contributed by atoms with Crippen LogP contribution in [0.2, 0.25) is 10.0 Å². The molecule has 1 aliphatic rings. The highest BCUT2D eigenvalue weighted by Gasteiger charge is 2.45. The highest BCUT2D eigenvalue weighted by Crippen LogP contribution is 2.56. The fourth-order valence-corrected chi connectivity index (χ4v) is 8.24. The Kier molecular flexibility index (Phi) is 9.51. The van der Waals surface area contributed by atoms with E-state index in [1.165, 1.54) is 22.3 Å². The lowest BCUT2D eigenvalue weighted by Gasteiger charge is -2.34. The van der Waals surface area contributed by atoms with E-state index in [2.05, 4.69) is 72.8 Å². The minimum Gasteiger partial charge on any atom is -0.457 e. The average molecular weight is 780 g/mol. The Morgan fingerprint density at radius 2 is 0.684 bits per heavy atom. The summed E-state index contributed by atoms with van der Waals surface area (Å²) in [5.41, 5.74) is 8.28. The highest BCUT2D eigenvalue weighted by atomic mass is 35.5. The normalized spacial score (nSPS) is 12.3. The van der Waals surface area contributed by atoms with E-state index < -0.39 is 5.41 Å². The Labute approximate surface area is 340 Å². The zero-order valence-corrected chi connectivity index (χ0v) is 31.9. The van der Waals surface area contributed by atoms with E-state index in [1.54, 1.807) is 97.1 Å². The smallest absolute Gasteiger partial charge is 0.194 e. The Hall–Kier alpha value is -6.72. The van der Waals surface area contributed by atoms with Gasteiger partial charge in [-0.1, -0.05) is 120 Å². The maximum atomic E-state index is 13.1. The summed E-state index contributed by atoms with van der Waals surface area (Å²) in [6.45, 7) is 0. The number of ketones is 2. The molecule has 0 amide bonds. The molecule has 0 atom stereocenters. The number of fused-ring (bicyclic) bond motifs is 3. The second-order valence-electron chi connectivity index (χ2n) is 13.8. The van der Waals surface area contributed by atoms with Crippen molar-refractivity contribution in [1.29, 1.82) is 0 Å². The monoisotopic (exact) mass is 778 g/mol. The molecule has 4 nitrogen and oxygen atoms in total. The molecule has 0 fully saturated rings. The van der Waals surface area contributed by atoms with Gasteiger partial charge in [0.05, 0.1) is 15.5 Å². The molecule has 274 valence electrons. The number of ether oxygens (including phenoxy) is 2. The predicted molar refractivity (Wildman–Crippen MR) is 227 cm³/mol. The zero-order chi connectivity index (χ0) is 38.9. The fourth-order valence-electron chi connectivity index (χ4n) is 7.79. The SMILES string of the molecule is O=C(c1ccc(Oc2ccc(C3(c4ccc(Oc5ccc(C(=O)c6ccccc6Cl)cc5)cc4)c4ccccc4-c4ccccc43)cc2)cc1)c1ccccc1Cl. The first-order valence-electron chi connectivity index (χ1n) is 18.4. The lowest BCUT2D eigenvalue weighted by Crippen LogP contribution is -2.28. The number of hydrogen-bond donors (Lipinski definition) is 0. The first kappa shape index (κ1) is 35.9. The Bertz CT molecular complexity index is 2580. The first-order valence-corrected chi connectivity index (χ1v) is 19.2. The Morgan fingerprint density at radius 3 is 1.05 bits per heavy atom. The molecule has 6 heteroatoms. The van der Waals surface area contributed by atoms with Crippen LogP contribution >= 0.6 is 23.2 Å². The van der Waals surface area contributed by atoms with E-state index in [0.717, 1.165) is 11.1 Å². The van der Waals surface area contributed by atoms with Crippen molar-refractivity contribution >= 4 is 34.8 Å². The molecule has 0 saturated heterocycles. The van der Waals surface area contributed by atoms with Gasteiger partial charge in [0.15, 0.2) is 11.6 Å². The van der Waals surface area contributed by atoms with Gasteiger partial charge in [0.1, 0.15) is 23.0 Å². The standard InChI is InChI=1S/C51H32Cl2O4/c52-47-15-7-3-11-43(47)49(54)33-17-25-37(26-18-33)56-39-29-21-35(22-30-39)51(45-13-5-1-9-41(45)42-10-2-6-14-46(42)51)36-23-31-40(32-24-36)57-38-27-19-34(20-28-38)50(55)44-12-4-8-16-48(44)53/h1-32H. The Balaban J connectivity index is 1.01. The van der Waals surface area contributed by atoms with Crippen LogP contribution in [0, 0.1) is 0 Å². The molecule has 0 unspecified atom stereocenters. The molecule has 0 aliphatic heterocycles. The summed E-state index contributed by atoms with van der Waals surface area (Å²) in [6, 6.07) is 61.8. The van der Waals surface area contributed by atoms with Crippen molar-refractivity contribution in [3.8, 4) is 34.1 Å². The van der Waals surface area contributed by atoms with Crippen LogP contribution in [0.4, 0.5) is 0 Å². The van der Waals surface area contributed by atoms with Gasteiger partial charge < -0.3 is 9.47 Å². The second kappa shape index (κ2) is 15.1. The maximum absolute atomic E-state index is 13.1. The number of halogens is 2. The van der Waals surface area contributed by atoms with E-state index in [0.29, 0.717) is 55.3 Å². The Morgan fingerprint density at radius 1 is 0.368 bits per heavy atom. The zero-order valence-electron chi connectivity index (χ0n) is 30.4. The van der Waals surface area contributed by atoms with Crippen LogP contribution in [0.1, 0.15) is 54.1 Å². The number of hydrogen-bond acceptors (Lipinski definition) is 4. The van der Waals surface area contributed by atoms with Crippen LogP contribution in [-0.4, -0.2) is 11.6 Å². The molecular weight excluding hydrogens is 747 g/mol. The molecule has 0 bridgehead atoms. The summed E-state index contributed by atoms with van der Waals surface area (Å²) < 4.78 is 12.6. The van der Waals surface area contributed by atoms with E-state index in [-0.39, 0.29) is 11.6 Å². The summed E-state index contributed by atoms with van der Waals surface area (Å²) >= 11 is 12.6. The lowest BCUT2D eigenvalue weighted by atomic mass is 9.68. The van der Waals surface area contributed by atoms with Crippen molar-refractivity contribution in [1.82, 2.24) is 0 Å². The van der Waals surface area contributed by atoms with Gasteiger partial charge in [-0.15, -0.1) is 0 Å². The van der Waals surface area contributed by atoms with Gasteiger partial charge in [0.2, 0.25) is 0 Å². The predicted octanol–water partition coefficient (Wildman–Crippen LogP) is 13.4. The van der Waals surface area contributed by atoms with Crippen molar-refractivity contribution in [2.24, 2.45) is 0 Å². The van der Waals surface area contributed by atoms with Crippen LogP contribution in [-0.2, 0) is 5.41 Å². The lowest BCUT2D eigenvalue weighted by molar-refractivity contribution is 0.103. The minimum atomic E-state index is -0.619. The van der Waals surface area contributed by atoms with Gasteiger partial charge in [0, 0.05) is 22.3 Å². The molecule has 57 heavy (non-hydrogen) atoms. The molecule has 8 aromatic rings. The van der Waals surface area contributed by atoms with Crippen LogP contribution in [0.15, 0.2) is 194 Å². The van der Waals surface area contributed by atoms with Gasteiger partial charge in [-0.05, 0) is 130 Å². The van der Waals surface area contributed by atoms with Crippen molar-refractivity contribution < 1.29 is 19.1 Å². The first-order chi connectivity index (χ1) is 27.9. The van der Waals surface area contributed by atoms with Crippen molar-refractivity contribution in [3.05, 3.63) is 249 Å². The largest absolute Gasteiger partial charge is 0.457 e. The maximum Gasteiger partial charge on any atom is 0.194 e. The van der Waals surface area contributed by atoms with Gasteiger partial charge in [0.25, 0.3) is 0 Å². The van der Waals surface area contributed by atoms with Crippen LogP contribution in [0.3, 0.4) is 0 Å². The van der Waals surface area contributed by atoms with E-state index in [9.17, 15) is 9.59 Å². The molecule has 0 saturated carbocycles. The third kappa shape index (κ3) is 6.59. The fraction of sp³-hybridized carbons (Fsp3) is 0.0196. The van der Waals surface area contributed by atoms with Crippen molar-refractivity contribution in [2.75, 3.05) is 0 Å². The summed E-state index contributed by atoms with van der Waals surface area (Å²) in [6.07, 6.45) is 0. The van der Waals surface area contributed by atoms with Crippen LogP contribution in [0.25, 0.3) is 11.1 Å². The molecule has 0 heterocycles. The average Bonchev–Trinajstić information content (AvgIpc) is 3.56. The van der Waals surface area contributed by atoms with Gasteiger partial charge >= 0.3 is 0 Å². The van der Waals surface area contributed by atoms with Crippen LogP contribution in [0.5, 0.6) is 23.0 Å². The van der Waals surface area contributed by atoms with Gasteiger partial charge in [-0.3, -0.25) is 9.59 Å². The van der Waals surface area contributed by atoms with Gasteiger partial charge in [-0.25, -0.2) is 0 Å². The number of carbonyl (C=O) groups excluding carboxylic acids is 2.